The van der Waals surface area contributed by atoms with E-state index >= 15 is 0 Å². The summed E-state index contributed by atoms with van der Waals surface area (Å²) in [5.74, 6) is -0.845. The number of aryl methyl sites for hydroxylation is 2. The molecular weight excluding hydrogens is 386 g/mol. The van der Waals surface area contributed by atoms with Crippen molar-refractivity contribution in [3.63, 3.8) is 0 Å². The molecule has 0 aliphatic rings. The number of carbonyl (C=O) groups excluding carboxylic acids is 3. The third-order valence-electron chi connectivity index (χ3n) is 4.25. The van der Waals surface area contributed by atoms with Crippen molar-refractivity contribution in [3.05, 3.63) is 34.9 Å². The monoisotopic (exact) mass is 421 g/mol. The van der Waals surface area contributed by atoms with E-state index in [1.165, 1.54) is 4.90 Å². The summed E-state index contributed by atoms with van der Waals surface area (Å²) >= 11 is 0. The van der Waals surface area contributed by atoms with Crippen LogP contribution >= 0.6 is 0 Å². The summed E-state index contributed by atoms with van der Waals surface area (Å²) in [5, 5.41) is 14.9. The van der Waals surface area contributed by atoms with Gasteiger partial charge in [0, 0.05) is 12.6 Å². The van der Waals surface area contributed by atoms with Gasteiger partial charge in [0.2, 0.25) is 11.8 Å². The summed E-state index contributed by atoms with van der Waals surface area (Å²) in [7, 11) is 0. The minimum absolute atomic E-state index is 0.0568. The molecule has 168 valence electrons. The van der Waals surface area contributed by atoms with Crippen molar-refractivity contribution in [2.75, 3.05) is 19.7 Å². The molecule has 1 atom stereocenters. The van der Waals surface area contributed by atoms with Gasteiger partial charge >= 0.3 is 6.09 Å². The summed E-state index contributed by atoms with van der Waals surface area (Å²) in [4.78, 5) is 39.3. The quantitative estimate of drug-likeness (QED) is 0.596. The van der Waals surface area contributed by atoms with Crippen LogP contribution in [0.25, 0.3) is 0 Å². The van der Waals surface area contributed by atoms with E-state index in [1.54, 1.807) is 20.8 Å². The number of nitrogens with zero attached hydrogens (tertiary/aromatic N) is 1. The minimum atomic E-state index is -0.936. The highest BCUT2D eigenvalue weighted by atomic mass is 16.6. The van der Waals surface area contributed by atoms with Crippen molar-refractivity contribution in [2.24, 2.45) is 0 Å². The zero-order valence-corrected chi connectivity index (χ0v) is 19.0. The highest BCUT2D eigenvalue weighted by molar-refractivity contribution is 5.91. The van der Waals surface area contributed by atoms with E-state index < -0.39 is 23.6 Å². The van der Waals surface area contributed by atoms with Gasteiger partial charge in [-0.15, -0.1) is 0 Å². The first-order valence-corrected chi connectivity index (χ1v) is 10.1. The first-order valence-electron chi connectivity index (χ1n) is 10.1. The number of aliphatic hydroxyl groups is 1. The number of benzene rings is 1. The molecule has 0 fully saturated rings. The molecule has 0 aliphatic heterocycles. The molecule has 1 aromatic rings. The Balaban J connectivity index is 3.22. The predicted octanol–water partition coefficient (Wildman–Crippen LogP) is 2.21. The third-order valence-corrected chi connectivity index (χ3v) is 4.25. The largest absolute Gasteiger partial charge is 0.444 e. The van der Waals surface area contributed by atoms with Crippen LogP contribution in [0, 0.1) is 13.8 Å². The SMILES string of the molecule is Cc1cccc(C)c1C(C(=O)NC(C)C)N(CCO)C(=O)CNC(=O)OC(C)(C)C. The zero-order chi connectivity index (χ0) is 23.1. The van der Waals surface area contributed by atoms with E-state index in [-0.39, 0.29) is 31.6 Å². The van der Waals surface area contributed by atoms with Crippen molar-refractivity contribution in [3.8, 4) is 0 Å². The molecule has 1 rings (SSSR count). The second-order valence-electron chi connectivity index (χ2n) is 8.54. The number of hydrogen-bond acceptors (Lipinski definition) is 5. The average molecular weight is 422 g/mol. The highest BCUT2D eigenvalue weighted by Gasteiger charge is 2.33. The Bertz CT molecular complexity index is 735. The van der Waals surface area contributed by atoms with Crippen molar-refractivity contribution in [1.29, 1.82) is 0 Å². The van der Waals surface area contributed by atoms with E-state index in [4.69, 9.17) is 4.74 Å². The van der Waals surface area contributed by atoms with Gasteiger partial charge in [0.05, 0.1) is 6.61 Å². The van der Waals surface area contributed by atoms with Crippen molar-refractivity contribution < 1.29 is 24.2 Å². The number of ether oxygens (including phenoxy) is 1. The first kappa shape index (κ1) is 25.4. The predicted molar refractivity (Wildman–Crippen MR) is 115 cm³/mol. The molecule has 0 saturated carbocycles. The Kier molecular flexibility index (Phi) is 9.29. The standard InChI is InChI=1S/C22H35N3O5/c1-14(2)24-20(28)19(18-15(3)9-8-10-16(18)4)25(11-12-26)17(27)13-23-21(29)30-22(5,6)7/h8-10,14,19,26H,11-13H2,1-7H3,(H,23,29)(H,24,28). The lowest BCUT2D eigenvalue weighted by molar-refractivity contribution is -0.141. The van der Waals surface area contributed by atoms with Crippen molar-refractivity contribution in [1.82, 2.24) is 15.5 Å². The number of hydrogen-bond donors (Lipinski definition) is 3. The lowest BCUT2D eigenvalue weighted by Crippen LogP contribution is -2.50. The number of alkyl carbamates (subject to hydrolysis) is 1. The van der Waals surface area contributed by atoms with E-state index in [0.29, 0.717) is 5.56 Å². The molecule has 0 saturated heterocycles. The first-order chi connectivity index (χ1) is 13.9. The van der Waals surface area contributed by atoms with Crippen LogP contribution in [0.5, 0.6) is 0 Å². The average Bonchev–Trinajstić information content (AvgIpc) is 2.59. The maximum atomic E-state index is 13.1. The van der Waals surface area contributed by atoms with Crippen LogP contribution in [0.15, 0.2) is 18.2 Å². The molecule has 0 aromatic heterocycles. The maximum Gasteiger partial charge on any atom is 0.408 e. The molecule has 0 spiro atoms. The van der Waals surface area contributed by atoms with Gasteiger partial charge in [-0.1, -0.05) is 18.2 Å². The van der Waals surface area contributed by atoms with Gasteiger partial charge in [-0.05, 0) is 65.2 Å². The Morgan fingerprint density at radius 2 is 1.70 bits per heavy atom. The maximum absolute atomic E-state index is 13.1. The summed E-state index contributed by atoms with van der Waals surface area (Å²) in [6, 6.07) is 4.56. The van der Waals surface area contributed by atoms with Crippen LogP contribution in [0.2, 0.25) is 0 Å². The van der Waals surface area contributed by atoms with Crippen molar-refractivity contribution >= 4 is 17.9 Å². The van der Waals surface area contributed by atoms with Gasteiger partial charge in [0.15, 0.2) is 0 Å². The Morgan fingerprint density at radius 1 is 1.13 bits per heavy atom. The van der Waals surface area contributed by atoms with Crippen LogP contribution < -0.4 is 10.6 Å². The zero-order valence-electron chi connectivity index (χ0n) is 19.0. The van der Waals surface area contributed by atoms with Gasteiger partial charge in [-0.3, -0.25) is 9.59 Å². The topological polar surface area (TPSA) is 108 Å². The van der Waals surface area contributed by atoms with Crippen LogP contribution in [0.3, 0.4) is 0 Å². The lowest BCUT2D eigenvalue weighted by Gasteiger charge is -2.33. The number of carbonyl (C=O) groups is 3. The minimum Gasteiger partial charge on any atom is -0.444 e. The molecular formula is C22H35N3O5. The van der Waals surface area contributed by atoms with Gasteiger partial charge in [0.25, 0.3) is 0 Å². The molecule has 0 bridgehead atoms. The van der Waals surface area contributed by atoms with E-state index in [2.05, 4.69) is 10.6 Å². The van der Waals surface area contributed by atoms with Crippen LogP contribution in [-0.4, -0.2) is 59.3 Å². The van der Waals surface area contributed by atoms with Gasteiger partial charge in [-0.25, -0.2) is 4.79 Å². The fourth-order valence-electron chi connectivity index (χ4n) is 3.12. The molecule has 0 heterocycles. The van der Waals surface area contributed by atoms with Crippen LogP contribution in [-0.2, 0) is 14.3 Å². The fourth-order valence-corrected chi connectivity index (χ4v) is 3.12. The number of rotatable bonds is 8. The van der Waals surface area contributed by atoms with Crippen LogP contribution in [0.4, 0.5) is 4.79 Å². The van der Waals surface area contributed by atoms with E-state index in [0.717, 1.165) is 11.1 Å². The lowest BCUT2D eigenvalue weighted by atomic mass is 9.94. The molecule has 0 aliphatic carbocycles. The van der Waals surface area contributed by atoms with Crippen LogP contribution in [0.1, 0.15) is 57.4 Å². The Labute approximate surface area is 179 Å². The molecule has 0 radical (unpaired) electrons. The summed E-state index contributed by atoms with van der Waals surface area (Å²) in [6.45, 7) is 11.8. The number of amides is 3. The Morgan fingerprint density at radius 3 is 2.17 bits per heavy atom. The summed E-state index contributed by atoms with van der Waals surface area (Å²) in [5.41, 5.74) is 1.72. The van der Waals surface area contributed by atoms with Gasteiger partial charge in [-0.2, -0.15) is 0 Å². The third kappa shape index (κ3) is 7.67. The molecule has 1 aromatic carbocycles. The molecule has 8 nitrogen and oxygen atoms in total. The van der Waals surface area contributed by atoms with E-state index in [9.17, 15) is 19.5 Å². The smallest absolute Gasteiger partial charge is 0.408 e. The molecule has 8 heteroatoms. The summed E-state index contributed by atoms with van der Waals surface area (Å²) < 4.78 is 5.16. The van der Waals surface area contributed by atoms with Gasteiger partial charge < -0.3 is 25.4 Å². The highest BCUT2D eigenvalue weighted by Crippen LogP contribution is 2.28. The fraction of sp³-hybridized carbons (Fsp3) is 0.591. The van der Waals surface area contributed by atoms with Crippen molar-refractivity contribution in [2.45, 2.75) is 66.2 Å². The Hall–Kier alpha value is -2.61. The number of nitrogens with one attached hydrogen (secondary N) is 2. The second-order valence-corrected chi connectivity index (χ2v) is 8.54. The summed E-state index contributed by atoms with van der Waals surface area (Å²) in [6.07, 6.45) is -0.727. The molecule has 30 heavy (non-hydrogen) atoms. The van der Waals surface area contributed by atoms with Gasteiger partial charge in [0.1, 0.15) is 18.2 Å². The molecule has 3 N–H and O–H groups in total. The van der Waals surface area contributed by atoms with E-state index in [1.807, 2.05) is 45.9 Å². The molecule has 1 unspecified atom stereocenters. The second kappa shape index (κ2) is 11.0. The molecule has 3 amide bonds. The normalized spacial score (nSPS) is 12.3. The number of aliphatic hydroxyl groups excluding tert-OH is 1.